The number of rotatable bonds is 3. The minimum absolute atomic E-state index is 0.0414. The highest BCUT2D eigenvalue weighted by atomic mass is 35.5. The van der Waals surface area contributed by atoms with Gasteiger partial charge in [0.25, 0.3) is 5.91 Å². The SMILES string of the molecule is N#C/C(=C\C1=Cc2cc(Cl)ccc2OC1)C(=O)Nc1ccccc1Cl. The van der Waals surface area contributed by atoms with Gasteiger partial charge in [-0.3, -0.25) is 4.79 Å². The molecule has 0 atom stereocenters. The molecule has 2 aromatic carbocycles. The van der Waals surface area contributed by atoms with Gasteiger partial charge in [-0.2, -0.15) is 5.26 Å². The molecule has 0 saturated heterocycles. The van der Waals surface area contributed by atoms with Gasteiger partial charge in [0.1, 0.15) is 24.0 Å². The number of nitriles is 1. The number of para-hydroxylation sites is 1. The molecule has 0 aromatic heterocycles. The van der Waals surface area contributed by atoms with Crippen molar-refractivity contribution in [2.24, 2.45) is 0 Å². The van der Waals surface area contributed by atoms with Crippen LogP contribution in [0.4, 0.5) is 5.69 Å². The molecular weight excluding hydrogens is 359 g/mol. The number of nitrogens with zero attached hydrogens (tertiary/aromatic N) is 1. The summed E-state index contributed by atoms with van der Waals surface area (Å²) < 4.78 is 5.62. The summed E-state index contributed by atoms with van der Waals surface area (Å²) in [4.78, 5) is 12.3. The smallest absolute Gasteiger partial charge is 0.266 e. The number of hydrogen-bond donors (Lipinski definition) is 1. The first-order chi connectivity index (χ1) is 12.1. The molecule has 1 amide bonds. The Labute approximate surface area is 154 Å². The van der Waals surface area contributed by atoms with E-state index in [1.807, 2.05) is 12.1 Å². The summed E-state index contributed by atoms with van der Waals surface area (Å²) in [6, 6.07) is 14.0. The van der Waals surface area contributed by atoms with Crippen molar-refractivity contribution in [2.45, 2.75) is 0 Å². The van der Waals surface area contributed by atoms with Gasteiger partial charge in [0, 0.05) is 10.6 Å². The van der Waals surface area contributed by atoms with Crippen LogP contribution in [-0.4, -0.2) is 12.5 Å². The minimum Gasteiger partial charge on any atom is -0.488 e. The molecule has 0 radical (unpaired) electrons. The molecule has 1 aliphatic rings. The van der Waals surface area contributed by atoms with Gasteiger partial charge in [0.05, 0.1) is 10.7 Å². The van der Waals surface area contributed by atoms with Crippen molar-refractivity contribution in [3.8, 4) is 11.8 Å². The third-order valence-corrected chi connectivity index (χ3v) is 4.09. The van der Waals surface area contributed by atoms with Crippen LogP contribution >= 0.6 is 23.2 Å². The van der Waals surface area contributed by atoms with Gasteiger partial charge in [0.2, 0.25) is 0 Å². The van der Waals surface area contributed by atoms with Gasteiger partial charge in [-0.25, -0.2) is 0 Å². The van der Waals surface area contributed by atoms with Crippen LogP contribution in [0.5, 0.6) is 5.75 Å². The highest BCUT2D eigenvalue weighted by Crippen LogP contribution is 2.29. The number of anilines is 1. The molecule has 0 aliphatic carbocycles. The Morgan fingerprint density at radius 1 is 1.24 bits per heavy atom. The first-order valence-electron chi connectivity index (χ1n) is 7.37. The van der Waals surface area contributed by atoms with Crippen molar-refractivity contribution in [1.29, 1.82) is 5.26 Å². The molecular formula is C19H12Cl2N2O2. The lowest BCUT2D eigenvalue weighted by Gasteiger charge is -2.16. The fraction of sp³-hybridized carbons (Fsp3) is 0.0526. The topological polar surface area (TPSA) is 62.1 Å². The van der Waals surface area contributed by atoms with E-state index in [1.54, 1.807) is 42.5 Å². The number of amides is 1. The third-order valence-electron chi connectivity index (χ3n) is 3.52. The van der Waals surface area contributed by atoms with Gasteiger partial charge in [-0.1, -0.05) is 35.3 Å². The fourth-order valence-corrected chi connectivity index (χ4v) is 2.70. The average molecular weight is 371 g/mol. The maximum atomic E-state index is 12.3. The second-order valence-electron chi connectivity index (χ2n) is 5.29. The number of nitrogens with one attached hydrogen (secondary N) is 1. The van der Waals surface area contributed by atoms with Gasteiger partial charge in [0.15, 0.2) is 0 Å². The lowest BCUT2D eigenvalue weighted by atomic mass is 10.0. The molecule has 0 unspecified atom stereocenters. The summed E-state index contributed by atoms with van der Waals surface area (Å²) in [5.41, 5.74) is 1.90. The molecule has 2 aromatic rings. The zero-order valence-corrected chi connectivity index (χ0v) is 14.4. The molecule has 1 aliphatic heterocycles. The van der Waals surface area contributed by atoms with Crippen LogP contribution in [0.15, 0.2) is 59.7 Å². The number of carbonyl (C=O) groups excluding carboxylic acids is 1. The Morgan fingerprint density at radius 3 is 2.80 bits per heavy atom. The Bertz CT molecular complexity index is 943. The zero-order chi connectivity index (χ0) is 17.8. The molecule has 6 heteroatoms. The van der Waals surface area contributed by atoms with E-state index in [9.17, 15) is 10.1 Å². The normalized spacial score (nSPS) is 13.2. The predicted octanol–water partition coefficient (Wildman–Crippen LogP) is 4.86. The van der Waals surface area contributed by atoms with E-state index in [2.05, 4.69) is 5.32 Å². The van der Waals surface area contributed by atoms with Crippen molar-refractivity contribution >= 4 is 40.9 Å². The molecule has 124 valence electrons. The molecule has 0 fully saturated rings. The standard InChI is InChI=1S/C19H12Cl2N2O2/c20-15-5-6-18-13(9-15)7-12(11-25-18)8-14(10-22)19(24)23-17-4-2-1-3-16(17)21/h1-9H,11H2,(H,23,24)/b14-8+. The second-order valence-corrected chi connectivity index (χ2v) is 6.14. The molecule has 1 heterocycles. The van der Waals surface area contributed by atoms with Crippen molar-refractivity contribution < 1.29 is 9.53 Å². The van der Waals surface area contributed by atoms with E-state index < -0.39 is 5.91 Å². The van der Waals surface area contributed by atoms with E-state index in [0.29, 0.717) is 27.1 Å². The summed E-state index contributed by atoms with van der Waals surface area (Å²) in [6.45, 7) is 0.263. The summed E-state index contributed by atoms with van der Waals surface area (Å²) >= 11 is 12.0. The summed E-state index contributed by atoms with van der Waals surface area (Å²) in [7, 11) is 0. The van der Waals surface area contributed by atoms with E-state index in [4.69, 9.17) is 27.9 Å². The van der Waals surface area contributed by atoms with Crippen LogP contribution in [-0.2, 0) is 4.79 Å². The zero-order valence-electron chi connectivity index (χ0n) is 12.9. The lowest BCUT2D eigenvalue weighted by molar-refractivity contribution is -0.112. The molecule has 0 bridgehead atoms. The van der Waals surface area contributed by atoms with Crippen LogP contribution in [0.3, 0.4) is 0 Å². The molecule has 4 nitrogen and oxygen atoms in total. The van der Waals surface area contributed by atoms with E-state index in [-0.39, 0.29) is 12.2 Å². The molecule has 3 rings (SSSR count). The number of carbonyl (C=O) groups is 1. The Morgan fingerprint density at radius 2 is 2.04 bits per heavy atom. The van der Waals surface area contributed by atoms with Crippen LogP contribution in [0.25, 0.3) is 6.08 Å². The summed E-state index contributed by atoms with van der Waals surface area (Å²) in [5.74, 6) is 0.175. The summed E-state index contributed by atoms with van der Waals surface area (Å²) in [6.07, 6.45) is 3.33. The van der Waals surface area contributed by atoms with Crippen molar-refractivity contribution in [2.75, 3.05) is 11.9 Å². The van der Waals surface area contributed by atoms with E-state index in [1.165, 1.54) is 6.08 Å². The molecule has 0 saturated carbocycles. The number of benzene rings is 2. The van der Waals surface area contributed by atoms with E-state index >= 15 is 0 Å². The average Bonchev–Trinajstić information content (AvgIpc) is 2.61. The minimum atomic E-state index is -0.534. The monoisotopic (exact) mass is 370 g/mol. The first-order valence-corrected chi connectivity index (χ1v) is 8.13. The van der Waals surface area contributed by atoms with Crippen molar-refractivity contribution in [1.82, 2.24) is 0 Å². The molecule has 0 spiro atoms. The van der Waals surface area contributed by atoms with Crippen molar-refractivity contribution in [3.63, 3.8) is 0 Å². The number of ether oxygens (including phenoxy) is 1. The number of hydrogen-bond acceptors (Lipinski definition) is 3. The highest BCUT2D eigenvalue weighted by molar-refractivity contribution is 6.34. The van der Waals surface area contributed by atoms with Gasteiger partial charge >= 0.3 is 0 Å². The van der Waals surface area contributed by atoms with Gasteiger partial charge in [-0.15, -0.1) is 0 Å². The highest BCUT2D eigenvalue weighted by Gasteiger charge is 2.15. The number of fused-ring (bicyclic) bond motifs is 1. The number of halogens is 2. The maximum Gasteiger partial charge on any atom is 0.266 e. The Hall–Kier alpha value is -2.74. The first kappa shape index (κ1) is 17.1. The molecule has 1 N–H and O–H groups in total. The van der Waals surface area contributed by atoms with Crippen LogP contribution in [0.1, 0.15) is 5.56 Å². The van der Waals surface area contributed by atoms with Crippen LogP contribution in [0.2, 0.25) is 10.0 Å². The molecule has 25 heavy (non-hydrogen) atoms. The lowest BCUT2D eigenvalue weighted by Crippen LogP contribution is -2.15. The second kappa shape index (κ2) is 7.43. The Balaban J connectivity index is 1.85. The quantitative estimate of drug-likeness (QED) is 0.619. The van der Waals surface area contributed by atoms with Crippen LogP contribution in [0, 0.1) is 11.3 Å². The third kappa shape index (κ3) is 4.03. The van der Waals surface area contributed by atoms with E-state index in [0.717, 1.165) is 5.56 Å². The van der Waals surface area contributed by atoms with Gasteiger partial charge in [-0.05, 0) is 48.1 Å². The largest absolute Gasteiger partial charge is 0.488 e. The van der Waals surface area contributed by atoms with Crippen LogP contribution < -0.4 is 10.1 Å². The summed E-state index contributed by atoms with van der Waals surface area (Å²) in [5, 5.41) is 12.9. The van der Waals surface area contributed by atoms with Crippen molar-refractivity contribution in [3.05, 3.63) is 75.3 Å². The predicted molar refractivity (Wildman–Crippen MR) is 98.7 cm³/mol. The van der Waals surface area contributed by atoms with Gasteiger partial charge < -0.3 is 10.1 Å². The Kier molecular flexibility index (Phi) is 5.08. The maximum absolute atomic E-state index is 12.3. The fourth-order valence-electron chi connectivity index (χ4n) is 2.34.